The van der Waals surface area contributed by atoms with Gasteiger partial charge in [-0.3, -0.25) is 9.05 Å². The maximum Gasteiger partial charge on any atom is 0.454 e. The Morgan fingerprint density at radius 1 is 1.31 bits per heavy atom. The van der Waals surface area contributed by atoms with E-state index in [2.05, 4.69) is 38.6 Å². The fourth-order valence-electron chi connectivity index (χ4n) is 3.40. The van der Waals surface area contributed by atoms with Gasteiger partial charge in [0.2, 0.25) is 6.79 Å². The summed E-state index contributed by atoms with van der Waals surface area (Å²) in [5, 5.41) is 9.17. The SMILES string of the molecule is COP(=O)(/N=C1/CC(CCCO)=CC(C)N1Cc1cc2c(cc1Br)OCO2)OC. The third-order valence-electron chi connectivity index (χ3n) is 4.92. The predicted molar refractivity (Wildman–Crippen MR) is 113 cm³/mol. The van der Waals surface area contributed by atoms with Gasteiger partial charge in [0, 0.05) is 44.3 Å². The van der Waals surface area contributed by atoms with Crippen molar-refractivity contribution in [3.05, 3.63) is 33.8 Å². The van der Waals surface area contributed by atoms with Crippen LogP contribution in [0.5, 0.6) is 11.5 Å². The first-order chi connectivity index (χ1) is 13.9. The summed E-state index contributed by atoms with van der Waals surface area (Å²) < 4.78 is 39.0. The lowest BCUT2D eigenvalue weighted by Gasteiger charge is -2.36. The van der Waals surface area contributed by atoms with Crippen LogP contribution in [0, 0.1) is 0 Å². The molecule has 0 aliphatic carbocycles. The van der Waals surface area contributed by atoms with E-state index in [9.17, 15) is 4.57 Å². The maximum atomic E-state index is 12.7. The van der Waals surface area contributed by atoms with Gasteiger partial charge in [-0.25, -0.2) is 4.57 Å². The first-order valence-corrected chi connectivity index (χ1v) is 11.6. The van der Waals surface area contributed by atoms with Gasteiger partial charge in [-0.15, -0.1) is 0 Å². The number of ether oxygens (including phenoxy) is 2. The molecule has 3 rings (SSSR count). The summed E-state index contributed by atoms with van der Waals surface area (Å²) in [6.45, 7) is 2.91. The van der Waals surface area contributed by atoms with E-state index in [-0.39, 0.29) is 19.4 Å². The Balaban J connectivity index is 1.94. The van der Waals surface area contributed by atoms with Crippen LogP contribution in [-0.2, 0) is 20.2 Å². The van der Waals surface area contributed by atoms with Crippen molar-refractivity contribution in [3.63, 3.8) is 0 Å². The average molecular weight is 489 g/mol. The van der Waals surface area contributed by atoms with Gasteiger partial charge < -0.3 is 19.5 Å². The molecule has 1 unspecified atom stereocenters. The molecule has 0 bridgehead atoms. The fraction of sp³-hybridized carbons (Fsp3) is 0.526. The van der Waals surface area contributed by atoms with Crippen molar-refractivity contribution < 1.29 is 28.2 Å². The summed E-state index contributed by atoms with van der Waals surface area (Å²) in [7, 11) is -0.940. The first kappa shape index (κ1) is 22.3. The number of amidine groups is 1. The number of hydrogen-bond acceptors (Lipinski definition) is 6. The highest BCUT2D eigenvalue weighted by molar-refractivity contribution is 9.10. The Bertz CT molecular complexity index is 851. The van der Waals surface area contributed by atoms with E-state index >= 15 is 0 Å². The molecule has 0 amide bonds. The summed E-state index contributed by atoms with van der Waals surface area (Å²) in [6.07, 6.45) is 4.11. The van der Waals surface area contributed by atoms with Crippen molar-refractivity contribution in [2.75, 3.05) is 27.6 Å². The van der Waals surface area contributed by atoms with Crippen LogP contribution in [0.3, 0.4) is 0 Å². The maximum absolute atomic E-state index is 12.7. The molecule has 0 spiro atoms. The van der Waals surface area contributed by atoms with E-state index in [1.165, 1.54) is 14.2 Å². The summed E-state index contributed by atoms with van der Waals surface area (Å²) in [5.41, 5.74) is 2.13. The minimum absolute atomic E-state index is 0.00989. The zero-order chi connectivity index (χ0) is 21.0. The molecule has 1 N–H and O–H groups in total. The Labute approximate surface area is 179 Å². The summed E-state index contributed by atoms with van der Waals surface area (Å²) in [4.78, 5) is 2.06. The smallest absolute Gasteiger partial charge is 0.454 e. The van der Waals surface area contributed by atoms with Gasteiger partial charge in [0.1, 0.15) is 5.84 Å². The summed E-state index contributed by atoms with van der Waals surface area (Å²) in [5.74, 6) is 2.03. The molecule has 2 heterocycles. The first-order valence-electron chi connectivity index (χ1n) is 9.34. The molecule has 29 heavy (non-hydrogen) atoms. The summed E-state index contributed by atoms with van der Waals surface area (Å²) in [6, 6.07) is 3.84. The second kappa shape index (κ2) is 9.62. The lowest BCUT2D eigenvalue weighted by Crippen LogP contribution is -2.40. The molecule has 0 saturated heterocycles. The molecule has 2 aliphatic heterocycles. The molecule has 2 aliphatic rings. The van der Waals surface area contributed by atoms with Crippen molar-refractivity contribution in [1.29, 1.82) is 0 Å². The lowest BCUT2D eigenvalue weighted by atomic mass is 9.97. The molecule has 8 nitrogen and oxygen atoms in total. The number of benzene rings is 1. The van der Waals surface area contributed by atoms with Crippen molar-refractivity contribution in [3.8, 4) is 11.5 Å². The van der Waals surface area contributed by atoms with Crippen LogP contribution in [0.2, 0.25) is 0 Å². The topological polar surface area (TPSA) is 89.8 Å². The number of rotatable bonds is 8. The van der Waals surface area contributed by atoms with Crippen molar-refractivity contribution in [2.45, 2.75) is 38.8 Å². The normalized spacial score (nSPS) is 20.3. The van der Waals surface area contributed by atoms with Crippen molar-refractivity contribution in [1.82, 2.24) is 4.90 Å². The second-order valence-corrected chi connectivity index (χ2v) is 9.57. The van der Waals surface area contributed by atoms with Crippen LogP contribution in [0.15, 0.2) is 33.0 Å². The average Bonchev–Trinajstić information content (AvgIpc) is 3.15. The van der Waals surface area contributed by atoms with Crippen LogP contribution >= 0.6 is 23.7 Å². The fourth-order valence-corrected chi connectivity index (χ4v) is 4.63. The molecule has 10 heteroatoms. The molecule has 1 aromatic rings. The van der Waals surface area contributed by atoms with Gasteiger partial charge in [0.15, 0.2) is 11.5 Å². The van der Waals surface area contributed by atoms with E-state index in [4.69, 9.17) is 23.6 Å². The number of hydrogen-bond donors (Lipinski definition) is 1. The standard InChI is InChI=1S/C19H26BrN2O6P/c1-13-7-14(5-4-6-23)8-19(21-29(24,25-2)26-3)22(13)11-15-9-17-18(10-16(15)20)28-12-27-17/h7,9-10,13,23H,4-6,8,11-12H2,1-3H3/b21-19-. The second-order valence-electron chi connectivity index (χ2n) is 6.84. The number of aliphatic hydroxyl groups is 1. The highest BCUT2D eigenvalue weighted by Gasteiger charge is 2.30. The third kappa shape index (κ3) is 5.22. The van der Waals surface area contributed by atoms with E-state index in [0.717, 1.165) is 22.0 Å². The largest absolute Gasteiger partial charge is 0.454 e. The minimum Gasteiger partial charge on any atom is -0.454 e. The van der Waals surface area contributed by atoms with Gasteiger partial charge in [-0.05, 0) is 37.5 Å². The monoisotopic (exact) mass is 488 g/mol. The van der Waals surface area contributed by atoms with E-state index < -0.39 is 7.75 Å². The van der Waals surface area contributed by atoms with Crippen LogP contribution in [0.25, 0.3) is 0 Å². The molecular formula is C19H26BrN2O6P. The van der Waals surface area contributed by atoms with Crippen LogP contribution in [-0.4, -0.2) is 49.5 Å². The zero-order valence-corrected chi connectivity index (χ0v) is 19.2. The Hall–Kier alpha value is -1.38. The number of aliphatic hydroxyl groups excluding tert-OH is 1. The molecule has 160 valence electrons. The summed E-state index contributed by atoms with van der Waals surface area (Å²) >= 11 is 3.60. The van der Waals surface area contributed by atoms with E-state index in [1.807, 2.05) is 12.1 Å². The van der Waals surface area contributed by atoms with Gasteiger partial charge in [-0.1, -0.05) is 27.6 Å². The molecule has 0 radical (unpaired) electrons. The molecule has 0 fully saturated rings. The molecule has 0 saturated carbocycles. The highest BCUT2D eigenvalue weighted by atomic mass is 79.9. The number of halogens is 1. The molecule has 1 aromatic carbocycles. The molecule has 0 aromatic heterocycles. The Morgan fingerprint density at radius 2 is 2.00 bits per heavy atom. The number of nitrogens with zero attached hydrogens (tertiary/aromatic N) is 2. The van der Waals surface area contributed by atoms with Gasteiger partial charge in [0.25, 0.3) is 0 Å². The van der Waals surface area contributed by atoms with E-state index in [0.29, 0.717) is 36.7 Å². The van der Waals surface area contributed by atoms with Crippen LogP contribution in [0.4, 0.5) is 0 Å². The third-order valence-corrected chi connectivity index (χ3v) is 7.06. The van der Waals surface area contributed by atoms with Crippen molar-refractivity contribution >= 4 is 29.5 Å². The quantitative estimate of drug-likeness (QED) is 0.431. The van der Waals surface area contributed by atoms with Crippen LogP contribution < -0.4 is 9.47 Å². The van der Waals surface area contributed by atoms with Crippen LogP contribution in [0.1, 0.15) is 31.7 Å². The van der Waals surface area contributed by atoms with Crippen molar-refractivity contribution in [2.24, 2.45) is 4.76 Å². The zero-order valence-electron chi connectivity index (χ0n) is 16.8. The predicted octanol–water partition coefficient (Wildman–Crippen LogP) is 4.27. The lowest BCUT2D eigenvalue weighted by molar-refractivity contribution is 0.174. The Kier molecular flexibility index (Phi) is 7.40. The van der Waals surface area contributed by atoms with Gasteiger partial charge in [-0.2, -0.15) is 4.76 Å². The number of fused-ring (bicyclic) bond motifs is 1. The van der Waals surface area contributed by atoms with Gasteiger partial charge >= 0.3 is 7.75 Å². The van der Waals surface area contributed by atoms with E-state index in [1.54, 1.807) is 0 Å². The van der Waals surface area contributed by atoms with Gasteiger partial charge in [0.05, 0.1) is 0 Å². The highest BCUT2D eigenvalue weighted by Crippen LogP contribution is 2.49. The Morgan fingerprint density at radius 3 is 2.66 bits per heavy atom. The molecular weight excluding hydrogens is 463 g/mol. The molecule has 1 atom stereocenters. The minimum atomic E-state index is -3.58.